The van der Waals surface area contributed by atoms with Gasteiger partial charge in [0.05, 0.1) is 12.6 Å². The minimum Gasteiger partial charge on any atom is -0.389 e. The van der Waals surface area contributed by atoms with Gasteiger partial charge in [-0.25, -0.2) is 0 Å². The molecule has 0 bridgehead atoms. The van der Waals surface area contributed by atoms with Crippen LogP contribution in [0.25, 0.3) is 0 Å². The number of nitrogens with zero attached hydrogens (tertiary/aromatic N) is 2. The van der Waals surface area contributed by atoms with Crippen molar-refractivity contribution in [2.24, 2.45) is 10.9 Å². The minimum absolute atomic E-state index is 0.311. The van der Waals surface area contributed by atoms with Crippen molar-refractivity contribution in [3.63, 3.8) is 0 Å². The number of aliphatic hydroxyl groups is 1. The summed E-state index contributed by atoms with van der Waals surface area (Å²) < 4.78 is 0. The first kappa shape index (κ1) is 9.77. The maximum Gasteiger partial charge on any atom is 0.194 e. The molecule has 1 saturated heterocycles. The Morgan fingerprint density at radius 2 is 2.29 bits per heavy atom. The summed E-state index contributed by atoms with van der Waals surface area (Å²) in [6, 6.07) is 0.575. The van der Waals surface area contributed by atoms with Crippen LogP contribution < -0.4 is 5.32 Å². The van der Waals surface area contributed by atoms with Gasteiger partial charge in [0.15, 0.2) is 5.96 Å². The highest BCUT2D eigenvalue weighted by Gasteiger charge is 2.29. The van der Waals surface area contributed by atoms with Crippen molar-refractivity contribution in [1.29, 1.82) is 0 Å². The number of likely N-dealkylation sites (tertiary alicyclic amines) is 1. The molecule has 0 amide bonds. The van der Waals surface area contributed by atoms with E-state index in [0.717, 1.165) is 18.4 Å². The molecule has 2 aliphatic heterocycles. The van der Waals surface area contributed by atoms with Crippen molar-refractivity contribution in [1.82, 2.24) is 10.2 Å². The Balaban J connectivity index is 2.01. The summed E-state index contributed by atoms with van der Waals surface area (Å²) in [4.78, 5) is 6.67. The van der Waals surface area contributed by atoms with Crippen molar-refractivity contribution in [3.05, 3.63) is 0 Å². The molecule has 0 aromatic rings. The van der Waals surface area contributed by atoms with Crippen LogP contribution in [0.1, 0.15) is 20.3 Å². The van der Waals surface area contributed by atoms with E-state index in [9.17, 15) is 5.11 Å². The molecule has 0 saturated carbocycles. The van der Waals surface area contributed by atoms with Gasteiger partial charge in [0.2, 0.25) is 0 Å². The van der Waals surface area contributed by atoms with Crippen LogP contribution in [0.5, 0.6) is 0 Å². The van der Waals surface area contributed by atoms with Crippen molar-refractivity contribution in [2.75, 3.05) is 19.6 Å². The zero-order chi connectivity index (χ0) is 10.1. The van der Waals surface area contributed by atoms with Gasteiger partial charge in [-0.1, -0.05) is 6.92 Å². The highest BCUT2D eigenvalue weighted by molar-refractivity contribution is 5.81. The lowest BCUT2D eigenvalue weighted by atomic mass is 10.1. The summed E-state index contributed by atoms with van der Waals surface area (Å²) in [6.45, 7) is 6.77. The highest BCUT2D eigenvalue weighted by Crippen LogP contribution is 2.22. The first-order chi connectivity index (χ1) is 6.66. The Labute approximate surface area is 85.0 Å². The number of hydrogen-bond donors (Lipinski definition) is 2. The molecule has 14 heavy (non-hydrogen) atoms. The summed E-state index contributed by atoms with van der Waals surface area (Å²) in [5.41, 5.74) is 0. The number of nitrogens with one attached hydrogen (secondary N) is 1. The lowest BCUT2D eigenvalue weighted by Gasteiger charge is -2.29. The molecule has 2 aliphatic rings. The highest BCUT2D eigenvalue weighted by atomic mass is 16.3. The molecular formula is C10H19N3O. The van der Waals surface area contributed by atoms with Crippen LogP contribution >= 0.6 is 0 Å². The molecular weight excluding hydrogens is 178 g/mol. The van der Waals surface area contributed by atoms with Gasteiger partial charge in [-0.2, -0.15) is 0 Å². The molecule has 2 rings (SSSR count). The molecule has 0 aromatic carbocycles. The average Bonchev–Trinajstić information content (AvgIpc) is 2.47. The Morgan fingerprint density at radius 3 is 2.79 bits per heavy atom. The Kier molecular flexibility index (Phi) is 2.63. The van der Waals surface area contributed by atoms with E-state index in [1.54, 1.807) is 0 Å². The number of aliphatic imine (C=N–C) groups is 1. The molecule has 80 valence electrons. The van der Waals surface area contributed by atoms with Crippen LogP contribution in [-0.2, 0) is 0 Å². The number of rotatable bonds is 0. The van der Waals surface area contributed by atoms with Crippen LogP contribution in [0.4, 0.5) is 0 Å². The molecule has 4 heteroatoms. The van der Waals surface area contributed by atoms with Crippen molar-refractivity contribution in [2.45, 2.75) is 32.4 Å². The second-order valence-electron chi connectivity index (χ2n) is 4.54. The van der Waals surface area contributed by atoms with Crippen LogP contribution in [0.15, 0.2) is 4.99 Å². The van der Waals surface area contributed by atoms with E-state index in [2.05, 4.69) is 29.1 Å². The molecule has 0 aliphatic carbocycles. The Morgan fingerprint density at radius 1 is 1.50 bits per heavy atom. The third-order valence-electron chi connectivity index (χ3n) is 3.00. The SMILES string of the molecule is CC1CC(C)N(C2=NCC(O)CN2)C1. The van der Waals surface area contributed by atoms with E-state index in [-0.39, 0.29) is 6.10 Å². The summed E-state index contributed by atoms with van der Waals surface area (Å²) in [7, 11) is 0. The number of hydrogen-bond acceptors (Lipinski definition) is 4. The van der Waals surface area contributed by atoms with Gasteiger partial charge < -0.3 is 15.3 Å². The summed E-state index contributed by atoms with van der Waals surface area (Å²) in [5.74, 6) is 1.73. The van der Waals surface area contributed by atoms with Gasteiger partial charge in [0, 0.05) is 19.1 Å². The third-order valence-corrected chi connectivity index (χ3v) is 3.00. The predicted octanol–water partition coefficient (Wildman–Crippen LogP) is 0.0368. The molecule has 0 radical (unpaired) electrons. The lowest BCUT2D eigenvalue weighted by Crippen LogP contribution is -2.49. The monoisotopic (exact) mass is 197 g/mol. The minimum atomic E-state index is -0.311. The van der Waals surface area contributed by atoms with Crippen molar-refractivity contribution < 1.29 is 5.11 Å². The molecule has 0 spiro atoms. The van der Waals surface area contributed by atoms with Gasteiger partial charge in [-0.15, -0.1) is 0 Å². The maximum atomic E-state index is 9.30. The molecule has 3 atom stereocenters. The first-order valence-corrected chi connectivity index (χ1v) is 5.40. The lowest BCUT2D eigenvalue weighted by molar-refractivity contribution is 0.176. The molecule has 3 unspecified atom stereocenters. The number of β-amino-alcohol motifs (C(OH)–C–C–N with tert-alkyl or cyclic N) is 1. The van der Waals surface area contributed by atoms with E-state index in [0.29, 0.717) is 19.1 Å². The standard InChI is InChI=1S/C10H19N3O/c1-7-3-8(2)13(6-7)10-11-4-9(14)5-12-10/h7-9,14H,3-6H2,1-2H3,(H,11,12). The quantitative estimate of drug-likeness (QED) is 0.576. The fourth-order valence-electron chi connectivity index (χ4n) is 2.31. The second kappa shape index (κ2) is 3.77. The van der Waals surface area contributed by atoms with Gasteiger partial charge in [0.25, 0.3) is 0 Å². The summed E-state index contributed by atoms with van der Waals surface area (Å²) >= 11 is 0. The first-order valence-electron chi connectivity index (χ1n) is 5.40. The second-order valence-corrected chi connectivity index (χ2v) is 4.54. The molecule has 1 fully saturated rings. The zero-order valence-corrected chi connectivity index (χ0v) is 8.90. The molecule has 2 N–H and O–H groups in total. The summed E-state index contributed by atoms with van der Waals surface area (Å²) in [5, 5.41) is 12.5. The topological polar surface area (TPSA) is 47.9 Å². The normalized spacial score (nSPS) is 38.1. The van der Waals surface area contributed by atoms with E-state index in [4.69, 9.17) is 0 Å². The van der Waals surface area contributed by atoms with Crippen LogP contribution in [0.2, 0.25) is 0 Å². The fraction of sp³-hybridized carbons (Fsp3) is 0.900. The van der Waals surface area contributed by atoms with Crippen LogP contribution in [0.3, 0.4) is 0 Å². The van der Waals surface area contributed by atoms with Crippen LogP contribution in [-0.4, -0.2) is 47.7 Å². The Hall–Kier alpha value is -0.770. The van der Waals surface area contributed by atoms with Gasteiger partial charge in [-0.05, 0) is 19.3 Å². The maximum absolute atomic E-state index is 9.30. The van der Waals surface area contributed by atoms with E-state index >= 15 is 0 Å². The third kappa shape index (κ3) is 1.85. The fourth-order valence-corrected chi connectivity index (χ4v) is 2.31. The van der Waals surface area contributed by atoms with Crippen LogP contribution in [0, 0.1) is 5.92 Å². The number of aliphatic hydroxyl groups excluding tert-OH is 1. The number of guanidine groups is 1. The van der Waals surface area contributed by atoms with Gasteiger partial charge in [-0.3, -0.25) is 4.99 Å². The van der Waals surface area contributed by atoms with Crippen molar-refractivity contribution in [3.8, 4) is 0 Å². The average molecular weight is 197 g/mol. The predicted molar refractivity (Wildman–Crippen MR) is 56.3 cm³/mol. The van der Waals surface area contributed by atoms with E-state index in [1.807, 2.05) is 0 Å². The largest absolute Gasteiger partial charge is 0.389 e. The smallest absolute Gasteiger partial charge is 0.194 e. The molecule has 2 heterocycles. The zero-order valence-electron chi connectivity index (χ0n) is 8.90. The van der Waals surface area contributed by atoms with E-state index < -0.39 is 0 Å². The Bertz CT molecular complexity index is 242. The summed E-state index contributed by atoms with van der Waals surface area (Å²) in [6.07, 6.45) is 0.928. The molecule has 0 aromatic heterocycles. The van der Waals surface area contributed by atoms with Crippen molar-refractivity contribution >= 4 is 5.96 Å². The molecule has 4 nitrogen and oxygen atoms in total. The van der Waals surface area contributed by atoms with E-state index in [1.165, 1.54) is 6.42 Å². The van der Waals surface area contributed by atoms with Gasteiger partial charge in [0.1, 0.15) is 0 Å². The van der Waals surface area contributed by atoms with Gasteiger partial charge >= 0.3 is 0 Å².